The van der Waals surface area contributed by atoms with Crippen molar-refractivity contribution in [2.45, 2.75) is 19.4 Å². The third-order valence-electron chi connectivity index (χ3n) is 5.61. The first-order valence-corrected chi connectivity index (χ1v) is 11.3. The molecule has 1 fully saturated rings. The lowest BCUT2D eigenvalue weighted by Crippen LogP contribution is -2.41. The first-order valence-electron chi connectivity index (χ1n) is 10.6. The number of benzene rings is 1. The highest BCUT2D eigenvalue weighted by molar-refractivity contribution is 6.36. The Hall–Kier alpha value is -3.08. The van der Waals surface area contributed by atoms with Crippen LogP contribution >= 0.6 is 23.2 Å². The van der Waals surface area contributed by atoms with Crippen LogP contribution in [0.3, 0.4) is 0 Å². The predicted molar refractivity (Wildman–Crippen MR) is 134 cm³/mol. The van der Waals surface area contributed by atoms with E-state index in [4.69, 9.17) is 34.7 Å². The molecule has 0 spiro atoms. The van der Waals surface area contributed by atoms with Crippen LogP contribution in [0.2, 0.25) is 10.0 Å². The van der Waals surface area contributed by atoms with Crippen LogP contribution in [0.25, 0.3) is 5.70 Å². The zero-order chi connectivity index (χ0) is 24.0. The standard InChI is InChI=1S/C22H25Cl2FN6.C2H2/c23-16-4-5-17(25)21(24)15(16)13-31-10-7-28-22(27)19(31)11-18(26)14-3-6-20(29-12-14)30-8-1-2-9-30;1-2/h3-6,11-12,28H,1-2,7-10,13,26-27H2;1-2H/b18-11-;. The minimum absolute atomic E-state index is 0.0163. The van der Waals surface area contributed by atoms with E-state index in [-0.39, 0.29) is 5.02 Å². The Morgan fingerprint density at radius 1 is 1.15 bits per heavy atom. The molecule has 174 valence electrons. The van der Waals surface area contributed by atoms with Gasteiger partial charge in [-0.2, -0.15) is 0 Å². The third kappa shape index (κ3) is 5.65. The number of anilines is 1. The van der Waals surface area contributed by atoms with Gasteiger partial charge in [-0.25, -0.2) is 9.37 Å². The number of nitrogens with two attached hydrogens (primary N) is 2. The molecule has 33 heavy (non-hydrogen) atoms. The highest BCUT2D eigenvalue weighted by Crippen LogP contribution is 2.30. The fraction of sp³-hybridized carbons (Fsp3) is 0.292. The molecule has 5 N–H and O–H groups in total. The van der Waals surface area contributed by atoms with Crippen molar-refractivity contribution in [2.24, 2.45) is 11.5 Å². The van der Waals surface area contributed by atoms with Crippen molar-refractivity contribution in [2.75, 3.05) is 31.1 Å². The van der Waals surface area contributed by atoms with Gasteiger partial charge in [0.2, 0.25) is 0 Å². The molecule has 0 radical (unpaired) electrons. The number of hydrogen-bond donors (Lipinski definition) is 3. The number of nitrogens with zero attached hydrogens (tertiary/aromatic N) is 3. The number of terminal acetylenes is 1. The van der Waals surface area contributed by atoms with Gasteiger partial charge >= 0.3 is 0 Å². The van der Waals surface area contributed by atoms with Gasteiger partial charge in [-0.3, -0.25) is 0 Å². The molecule has 2 aliphatic heterocycles. The van der Waals surface area contributed by atoms with Crippen molar-refractivity contribution in [1.29, 1.82) is 0 Å². The largest absolute Gasteiger partial charge is 0.398 e. The average Bonchev–Trinajstić information content (AvgIpc) is 3.38. The van der Waals surface area contributed by atoms with Crippen LogP contribution in [0.5, 0.6) is 0 Å². The van der Waals surface area contributed by atoms with E-state index in [1.54, 1.807) is 12.3 Å². The first kappa shape index (κ1) is 24.6. The van der Waals surface area contributed by atoms with Crippen LogP contribution in [0.4, 0.5) is 10.2 Å². The van der Waals surface area contributed by atoms with Gasteiger partial charge in [0.25, 0.3) is 0 Å². The van der Waals surface area contributed by atoms with Gasteiger partial charge < -0.3 is 26.6 Å². The molecule has 1 aromatic carbocycles. The Kier molecular flexibility index (Phi) is 8.32. The number of aromatic nitrogens is 1. The molecule has 0 aliphatic carbocycles. The van der Waals surface area contributed by atoms with E-state index >= 15 is 0 Å². The van der Waals surface area contributed by atoms with E-state index in [9.17, 15) is 4.39 Å². The van der Waals surface area contributed by atoms with Crippen molar-refractivity contribution in [1.82, 2.24) is 15.2 Å². The zero-order valence-electron chi connectivity index (χ0n) is 18.2. The molecule has 0 saturated carbocycles. The lowest BCUT2D eigenvalue weighted by molar-refractivity contribution is 0.321. The van der Waals surface area contributed by atoms with E-state index in [0.29, 0.717) is 47.4 Å². The number of hydrogen-bond acceptors (Lipinski definition) is 6. The summed E-state index contributed by atoms with van der Waals surface area (Å²) in [6.07, 6.45) is 14.0. The lowest BCUT2D eigenvalue weighted by Gasteiger charge is -2.32. The minimum Gasteiger partial charge on any atom is -0.398 e. The van der Waals surface area contributed by atoms with Gasteiger partial charge in [-0.1, -0.05) is 23.2 Å². The maximum absolute atomic E-state index is 14.0. The molecule has 2 aromatic rings. The summed E-state index contributed by atoms with van der Waals surface area (Å²) in [7, 11) is 0. The van der Waals surface area contributed by atoms with Gasteiger partial charge in [0.15, 0.2) is 0 Å². The molecular weight excluding hydrogens is 462 g/mol. The molecule has 4 rings (SSSR count). The molecule has 0 bridgehead atoms. The Morgan fingerprint density at radius 2 is 1.88 bits per heavy atom. The highest BCUT2D eigenvalue weighted by Gasteiger charge is 2.21. The summed E-state index contributed by atoms with van der Waals surface area (Å²) in [5.41, 5.74) is 15.2. The maximum Gasteiger partial charge on any atom is 0.142 e. The summed E-state index contributed by atoms with van der Waals surface area (Å²) < 4.78 is 14.0. The smallest absolute Gasteiger partial charge is 0.142 e. The van der Waals surface area contributed by atoms with Crippen LogP contribution in [0.15, 0.2) is 48.1 Å². The predicted octanol–water partition coefficient (Wildman–Crippen LogP) is 3.91. The molecule has 2 aliphatic rings. The summed E-state index contributed by atoms with van der Waals surface area (Å²) in [6, 6.07) is 6.71. The van der Waals surface area contributed by atoms with E-state index < -0.39 is 5.82 Å². The quantitative estimate of drug-likeness (QED) is 0.437. The van der Waals surface area contributed by atoms with E-state index in [2.05, 4.69) is 28.0 Å². The third-order valence-corrected chi connectivity index (χ3v) is 6.37. The van der Waals surface area contributed by atoms with Crippen molar-refractivity contribution >= 4 is 34.7 Å². The molecular formula is C24H27Cl2FN6. The normalized spacial score (nSPS) is 16.3. The molecule has 6 nitrogen and oxygen atoms in total. The maximum atomic E-state index is 14.0. The van der Waals surface area contributed by atoms with Crippen molar-refractivity contribution in [3.63, 3.8) is 0 Å². The monoisotopic (exact) mass is 488 g/mol. The topological polar surface area (TPSA) is 83.4 Å². The van der Waals surface area contributed by atoms with Gasteiger partial charge in [0.05, 0.1) is 10.7 Å². The Balaban J connectivity index is 0.00000149. The first-order chi connectivity index (χ1) is 15.9. The summed E-state index contributed by atoms with van der Waals surface area (Å²) >= 11 is 12.5. The second kappa shape index (κ2) is 11.2. The van der Waals surface area contributed by atoms with E-state index in [1.807, 2.05) is 17.0 Å². The van der Waals surface area contributed by atoms with Gasteiger partial charge in [-0.15, -0.1) is 12.8 Å². The molecule has 9 heteroatoms. The highest BCUT2D eigenvalue weighted by atomic mass is 35.5. The minimum atomic E-state index is -0.506. The molecule has 0 unspecified atom stereocenters. The number of halogens is 3. The summed E-state index contributed by atoms with van der Waals surface area (Å²) in [4.78, 5) is 8.82. The SMILES string of the molecule is C#C.NC1=C(/C=C(\N)c2ccc(N3CCCC3)nc2)N(Cc2c(Cl)ccc(F)c2Cl)CCN1. The van der Waals surface area contributed by atoms with Crippen LogP contribution in [0, 0.1) is 18.7 Å². The molecule has 3 heterocycles. The van der Waals surface area contributed by atoms with Crippen LogP contribution in [-0.2, 0) is 6.54 Å². The van der Waals surface area contributed by atoms with Crippen molar-refractivity contribution in [3.05, 3.63) is 75.0 Å². The molecule has 0 amide bonds. The number of allylic oxidation sites excluding steroid dienone is 1. The summed E-state index contributed by atoms with van der Waals surface area (Å²) in [5.74, 6) is 0.942. The van der Waals surface area contributed by atoms with E-state index in [0.717, 1.165) is 24.5 Å². The fourth-order valence-corrected chi connectivity index (χ4v) is 4.36. The second-order valence-corrected chi connectivity index (χ2v) is 8.45. The molecule has 1 aromatic heterocycles. The number of nitrogens with one attached hydrogen (secondary N) is 1. The van der Waals surface area contributed by atoms with Crippen molar-refractivity contribution < 1.29 is 4.39 Å². The Labute approximate surface area is 204 Å². The average molecular weight is 489 g/mol. The van der Waals surface area contributed by atoms with Gasteiger partial charge in [-0.05, 0) is 43.2 Å². The molecule has 1 saturated heterocycles. The number of pyridine rings is 1. The van der Waals surface area contributed by atoms with Gasteiger partial charge in [0.1, 0.15) is 17.5 Å². The Morgan fingerprint density at radius 3 is 2.55 bits per heavy atom. The second-order valence-electron chi connectivity index (χ2n) is 7.67. The van der Waals surface area contributed by atoms with Crippen LogP contribution in [0.1, 0.15) is 24.0 Å². The number of rotatable bonds is 5. The molecule has 0 atom stereocenters. The fourth-order valence-electron chi connectivity index (χ4n) is 3.87. The van der Waals surface area contributed by atoms with Crippen LogP contribution < -0.4 is 21.7 Å². The summed E-state index contributed by atoms with van der Waals surface area (Å²) in [5, 5.41) is 3.57. The van der Waals surface area contributed by atoms with E-state index in [1.165, 1.54) is 25.0 Å². The van der Waals surface area contributed by atoms with Crippen LogP contribution in [-0.4, -0.2) is 36.1 Å². The zero-order valence-corrected chi connectivity index (χ0v) is 19.7. The van der Waals surface area contributed by atoms with Gasteiger partial charge in [0, 0.05) is 60.8 Å². The van der Waals surface area contributed by atoms with Crippen molar-refractivity contribution in [3.8, 4) is 12.8 Å². The lowest BCUT2D eigenvalue weighted by atomic mass is 10.1. The Bertz CT molecular complexity index is 1060. The summed E-state index contributed by atoms with van der Waals surface area (Å²) in [6.45, 7) is 3.65.